The highest BCUT2D eigenvalue weighted by molar-refractivity contribution is 7.91. The summed E-state index contributed by atoms with van der Waals surface area (Å²) in [5, 5.41) is 0. The molecular formula is C14H20N2O4S. The second-order valence-electron chi connectivity index (χ2n) is 5.10. The molecule has 0 saturated carbocycles. The van der Waals surface area contributed by atoms with Crippen molar-refractivity contribution in [3.05, 3.63) is 23.8 Å². The van der Waals surface area contributed by atoms with E-state index in [9.17, 15) is 13.2 Å². The molecule has 1 aliphatic rings. The largest absolute Gasteiger partial charge is 0.497 e. The van der Waals surface area contributed by atoms with Crippen molar-refractivity contribution in [1.29, 1.82) is 0 Å². The van der Waals surface area contributed by atoms with Crippen molar-refractivity contribution in [2.24, 2.45) is 0 Å². The van der Waals surface area contributed by atoms with Gasteiger partial charge in [0.05, 0.1) is 24.2 Å². The number of methoxy groups -OCH3 is 1. The van der Waals surface area contributed by atoms with Crippen LogP contribution in [0, 0.1) is 0 Å². The monoisotopic (exact) mass is 312 g/mol. The normalized spacial score (nSPS) is 20.2. The zero-order valence-corrected chi connectivity index (χ0v) is 13.0. The lowest BCUT2D eigenvalue weighted by atomic mass is 10.1. The fourth-order valence-electron chi connectivity index (χ4n) is 2.61. The van der Waals surface area contributed by atoms with Gasteiger partial charge in [-0.05, 0) is 25.5 Å². The molecule has 1 fully saturated rings. The van der Waals surface area contributed by atoms with E-state index in [-0.39, 0.29) is 23.5 Å². The Morgan fingerprint density at radius 2 is 2.19 bits per heavy atom. The maximum Gasteiger partial charge on any atom is 0.256 e. The van der Waals surface area contributed by atoms with Gasteiger partial charge in [-0.3, -0.25) is 4.79 Å². The molecule has 1 unspecified atom stereocenters. The van der Waals surface area contributed by atoms with E-state index in [1.54, 1.807) is 23.1 Å². The van der Waals surface area contributed by atoms with Crippen LogP contribution >= 0.6 is 0 Å². The molecule has 1 amide bonds. The van der Waals surface area contributed by atoms with Gasteiger partial charge in [0.25, 0.3) is 5.91 Å². The van der Waals surface area contributed by atoms with E-state index >= 15 is 0 Å². The number of hydrogen-bond acceptors (Lipinski definition) is 5. The van der Waals surface area contributed by atoms with Crippen LogP contribution in [0.1, 0.15) is 23.7 Å². The molecule has 2 rings (SSSR count). The highest BCUT2D eigenvalue weighted by atomic mass is 32.2. The Labute approximate surface area is 124 Å². The van der Waals surface area contributed by atoms with Crippen LogP contribution in [0.4, 0.5) is 5.69 Å². The van der Waals surface area contributed by atoms with E-state index in [1.807, 2.05) is 6.92 Å². The van der Waals surface area contributed by atoms with E-state index in [0.717, 1.165) is 0 Å². The van der Waals surface area contributed by atoms with Crippen LogP contribution in [0.15, 0.2) is 18.2 Å². The van der Waals surface area contributed by atoms with Crippen LogP contribution in [-0.2, 0) is 9.84 Å². The SMILES string of the molecule is CCN(C(=O)c1ccc(OC)cc1N)C1CCS(=O)(=O)C1. The van der Waals surface area contributed by atoms with Gasteiger partial charge in [0.1, 0.15) is 5.75 Å². The number of amides is 1. The third-order valence-electron chi connectivity index (χ3n) is 3.74. The molecule has 1 aromatic carbocycles. The minimum Gasteiger partial charge on any atom is -0.497 e. The topological polar surface area (TPSA) is 89.7 Å². The summed E-state index contributed by atoms with van der Waals surface area (Å²) in [6.07, 6.45) is 0.484. The number of nitrogen functional groups attached to an aromatic ring is 1. The zero-order chi connectivity index (χ0) is 15.6. The van der Waals surface area contributed by atoms with Gasteiger partial charge in [-0.15, -0.1) is 0 Å². The van der Waals surface area contributed by atoms with Gasteiger partial charge in [-0.25, -0.2) is 8.42 Å². The molecule has 0 bridgehead atoms. The number of sulfone groups is 1. The Balaban J connectivity index is 2.25. The van der Waals surface area contributed by atoms with E-state index in [4.69, 9.17) is 10.5 Å². The number of benzene rings is 1. The number of rotatable bonds is 4. The third-order valence-corrected chi connectivity index (χ3v) is 5.49. The first-order chi connectivity index (χ1) is 9.88. The molecule has 21 heavy (non-hydrogen) atoms. The van der Waals surface area contributed by atoms with Gasteiger partial charge in [0, 0.05) is 24.3 Å². The molecule has 2 N–H and O–H groups in total. The first-order valence-corrected chi connectivity index (χ1v) is 8.65. The molecule has 116 valence electrons. The standard InChI is InChI=1S/C14H20N2O4S/c1-3-16(10-6-7-21(18,19)9-10)14(17)12-5-4-11(20-2)8-13(12)15/h4-5,8,10H,3,6-7,9,15H2,1-2H3. The lowest BCUT2D eigenvalue weighted by Crippen LogP contribution is -2.41. The van der Waals surface area contributed by atoms with E-state index < -0.39 is 9.84 Å². The number of ether oxygens (including phenoxy) is 1. The molecule has 1 saturated heterocycles. The summed E-state index contributed by atoms with van der Waals surface area (Å²) in [6.45, 7) is 2.28. The van der Waals surface area contributed by atoms with E-state index in [1.165, 1.54) is 7.11 Å². The summed E-state index contributed by atoms with van der Waals surface area (Å²) in [5.41, 5.74) is 6.61. The van der Waals surface area contributed by atoms with Gasteiger partial charge in [0.2, 0.25) is 0 Å². The number of hydrogen-bond donors (Lipinski definition) is 1. The average molecular weight is 312 g/mol. The van der Waals surface area contributed by atoms with Gasteiger partial charge < -0.3 is 15.4 Å². The predicted octanol–water partition coefficient (Wildman–Crippen LogP) is 0.927. The summed E-state index contributed by atoms with van der Waals surface area (Å²) in [4.78, 5) is 14.2. The molecule has 0 aliphatic carbocycles. The number of anilines is 1. The van der Waals surface area contributed by atoms with Crippen LogP contribution in [-0.4, -0.2) is 50.4 Å². The van der Waals surface area contributed by atoms with Crippen molar-refractivity contribution in [3.63, 3.8) is 0 Å². The number of carbonyl (C=O) groups is 1. The van der Waals surface area contributed by atoms with Crippen molar-refractivity contribution in [1.82, 2.24) is 4.90 Å². The number of nitrogens with zero attached hydrogens (tertiary/aromatic N) is 1. The van der Waals surface area contributed by atoms with Crippen LogP contribution in [0.25, 0.3) is 0 Å². The summed E-state index contributed by atoms with van der Waals surface area (Å²) >= 11 is 0. The van der Waals surface area contributed by atoms with Crippen molar-refractivity contribution in [2.45, 2.75) is 19.4 Å². The minimum absolute atomic E-state index is 0.0304. The number of carbonyl (C=O) groups excluding carboxylic acids is 1. The summed E-state index contributed by atoms with van der Waals surface area (Å²) in [7, 11) is -1.51. The molecule has 6 nitrogen and oxygen atoms in total. The van der Waals surface area contributed by atoms with Gasteiger partial charge in [-0.2, -0.15) is 0 Å². The maximum atomic E-state index is 12.6. The predicted molar refractivity (Wildman–Crippen MR) is 81.2 cm³/mol. The van der Waals surface area contributed by atoms with Gasteiger partial charge in [0.15, 0.2) is 9.84 Å². The molecule has 0 spiro atoms. The van der Waals surface area contributed by atoms with E-state index in [2.05, 4.69) is 0 Å². The molecule has 1 atom stereocenters. The van der Waals surface area contributed by atoms with Crippen molar-refractivity contribution >= 4 is 21.4 Å². The molecular weight excluding hydrogens is 292 g/mol. The Morgan fingerprint density at radius 3 is 2.67 bits per heavy atom. The van der Waals surface area contributed by atoms with Crippen molar-refractivity contribution in [3.8, 4) is 5.75 Å². The number of nitrogens with two attached hydrogens (primary N) is 1. The molecule has 0 radical (unpaired) electrons. The van der Waals surface area contributed by atoms with Crippen molar-refractivity contribution < 1.29 is 17.9 Å². The van der Waals surface area contributed by atoms with Gasteiger partial charge >= 0.3 is 0 Å². The van der Waals surface area contributed by atoms with Crippen LogP contribution in [0.5, 0.6) is 5.75 Å². The second kappa shape index (κ2) is 5.93. The molecule has 1 heterocycles. The summed E-state index contributed by atoms with van der Waals surface area (Å²) in [5.74, 6) is 0.512. The minimum atomic E-state index is -3.03. The molecule has 1 aromatic rings. The average Bonchev–Trinajstić information content (AvgIpc) is 2.79. The Hall–Kier alpha value is -1.76. The van der Waals surface area contributed by atoms with Crippen LogP contribution in [0.2, 0.25) is 0 Å². The Morgan fingerprint density at radius 1 is 1.48 bits per heavy atom. The Bertz CT molecular complexity index is 642. The highest BCUT2D eigenvalue weighted by Gasteiger charge is 2.34. The van der Waals surface area contributed by atoms with Crippen LogP contribution < -0.4 is 10.5 Å². The Kier molecular flexibility index (Phi) is 4.41. The zero-order valence-electron chi connectivity index (χ0n) is 12.2. The maximum absolute atomic E-state index is 12.6. The fourth-order valence-corrected chi connectivity index (χ4v) is 4.34. The van der Waals surface area contributed by atoms with Gasteiger partial charge in [-0.1, -0.05) is 0 Å². The first-order valence-electron chi connectivity index (χ1n) is 6.83. The molecule has 0 aromatic heterocycles. The summed E-state index contributed by atoms with van der Waals surface area (Å²) in [6, 6.07) is 4.60. The molecule has 1 aliphatic heterocycles. The second-order valence-corrected chi connectivity index (χ2v) is 7.33. The van der Waals surface area contributed by atoms with Crippen LogP contribution in [0.3, 0.4) is 0 Å². The lowest BCUT2D eigenvalue weighted by molar-refractivity contribution is 0.0709. The first kappa shape index (κ1) is 15.6. The highest BCUT2D eigenvalue weighted by Crippen LogP contribution is 2.24. The van der Waals surface area contributed by atoms with Crippen molar-refractivity contribution in [2.75, 3.05) is 30.9 Å². The quantitative estimate of drug-likeness (QED) is 0.835. The lowest BCUT2D eigenvalue weighted by Gasteiger charge is -2.27. The smallest absolute Gasteiger partial charge is 0.256 e. The fraction of sp³-hybridized carbons (Fsp3) is 0.500. The summed E-state index contributed by atoms with van der Waals surface area (Å²) < 4.78 is 28.2. The molecule has 7 heteroatoms. The van der Waals surface area contributed by atoms with E-state index in [0.29, 0.717) is 30.0 Å². The third kappa shape index (κ3) is 3.29.